The third-order valence-electron chi connectivity index (χ3n) is 4.03. The highest BCUT2D eigenvalue weighted by molar-refractivity contribution is 7.92. The molecule has 2 aromatic heterocycles. The lowest BCUT2D eigenvalue weighted by Gasteiger charge is -2.10. The molecule has 0 aliphatic heterocycles. The van der Waals surface area contributed by atoms with Crippen molar-refractivity contribution in [2.24, 2.45) is 0 Å². The van der Waals surface area contributed by atoms with Crippen LogP contribution in [0.25, 0.3) is 16.9 Å². The van der Waals surface area contributed by atoms with Gasteiger partial charge < -0.3 is 0 Å². The Balaban J connectivity index is 1.68. The van der Waals surface area contributed by atoms with Gasteiger partial charge in [0.25, 0.3) is 10.0 Å². The molecule has 0 aliphatic rings. The molecule has 0 amide bonds. The van der Waals surface area contributed by atoms with Crippen molar-refractivity contribution in [2.75, 3.05) is 4.72 Å². The standard InChI is InChI=1S/C18H13ClFN5O2S/c1-11-21-22-18-8-7-17(23-25(11)18)12-3-2-4-13(9-12)24-28(26,27)14-5-6-16(20)15(19)10-14/h2-10,24H,1H3. The molecule has 7 nitrogen and oxygen atoms in total. The van der Waals surface area contributed by atoms with Gasteiger partial charge in [0.05, 0.1) is 15.6 Å². The number of benzene rings is 2. The smallest absolute Gasteiger partial charge is 0.261 e. The SMILES string of the molecule is Cc1nnc2ccc(-c3cccc(NS(=O)(=O)c4ccc(F)c(Cl)c4)c3)nn12. The van der Waals surface area contributed by atoms with Crippen molar-refractivity contribution in [3.63, 3.8) is 0 Å². The zero-order valence-corrected chi connectivity index (χ0v) is 16.0. The second-order valence-electron chi connectivity index (χ2n) is 6.00. The molecule has 0 saturated heterocycles. The fourth-order valence-electron chi connectivity index (χ4n) is 2.65. The van der Waals surface area contributed by atoms with Gasteiger partial charge in [-0.3, -0.25) is 4.72 Å². The number of sulfonamides is 1. The minimum Gasteiger partial charge on any atom is -0.280 e. The van der Waals surface area contributed by atoms with Crippen LogP contribution in [0.1, 0.15) is 5.82 Å². The lowest BCUT2D eigenvalue weighted by atomic mass is 10.1. The molecule has 4 rings (SSSR count). The van der Waals surface area contributed by atoms with Crippen LogP contribution < -0.4 is 4.72 Å². The number of nitrogens with one attached hydrogen (secondary N) is 1. The molecular weight excluding hydrogens is 405 g/mol. The van der Waals surface area contributed by atoms with E-state index in [0.717, 1.165) is 18.2 Å². The molecule has 10 heteroatoms. The predicted octanol–water partition coefficient (Wildman–Crippen LogP) is 3.69. The second-order valence-corrected chi connectivity index (χ2v) is 8.09. The van der Waals surface area contributed by atoms with E-state index in [9.17, 15) is 12.8 Å². The summed E-state index contributed by atoms with van der Waals surface area (Å²) in [4.78, 5) is -0.135. The summed E-state index contributed by atoms with van der Waals surface area (Å²) < 4.78 is 42.5. The van der Waals surface area contributed by atoms with E-state index in [-0.39, 0.29) is 9.92 Å². The normalized spacial score (nSPS) is 11.7. The third-order valence-corrected chi connectivity index (χ3v) is 5.70. The van der Waals surface area contributed by atoms with Gasteiger partial charge >= 0.3 is 0 Å². The Morgan fingerprint density at radius 3 is 2.68 bits per heavy atom. The van der Waals surface area contributed by atoms with E-state index in [1.54, 1.807) is 47.8 Å². The van der Waals surface area contributed by atoms with Crippen LogP contribution in [0.4, 0.5) is 10.1 Å². The number of anilines is 1. The minimum atomic E-state index is -3.93. The van der Waals surface area contributed by atoms with E-state index >= 15 is 0 Å². The lowest BCUT2D eigenvalue weighted by molar-refractivity contribution is 0.599. The topological polar surface area (TPSA) is 89.2 Å². The Bertz CT molecular complexity index is 1310. The van der Waals surface area contributed by atoms with Crippen LogP contribution in [0.5, 0.6) is 0 Å². The highest BCUT2D eigenvalue weighted by Gasteiger charge is 2.16. The van der Waals surface area contributed by atoms with Crippen molar-refractivity contribution >= 4 is 33.0 Å². The minimum absolute atomic E-state index is 0.135. The lowest BCUT2D eigenvalue weighted by Crippen LogP contribution is -2.13. The van der Waals surface area contributed by atoms with E-state index in [0.29, 0.717) is 28.4 Å². The summed E-state index contributed by atoms with van der Waals surface area (Å²) in [5.41, 5.74) is 2.28. The first-order valence-electron chi connectivity index (χ1n) is 8.11. The maximum Gasteiger partial charge on any atom is 0.261 e. The Hall–Kier alpha value is -3.04. The summed E-state index contributed by atoms with van der Waals surface area (Å²) >= 11 is 5.69. The maximum absolute atomic E-state index is 13.3. The molecule has 4 aromatic rings. The van der Waals surface area contributed by atoms with Gasteiger partial charge in [-0.15, -0.1) is 10.2 Å². The number of nitrogens with zero attached hydrogens (tertiary/aromatic N) is 4. The van der Waals surface area contributed by atoms with Crippen LogP contribution in [0.3, 0.4) is 0 Å². The number of hydrogen-bond donors (Lipinski definition) is 1. The average molecular weight is 418 g/mol. The molecule has 0 saturated carbocycles. The number of hydrogen-bond acceptors (Lipinski definition) is 5. The Labute approximate surface area is 164 Å². The van der Waals surface area contributed by atoms with Crippen molar-refractivity contribution in [1.29, 1.82) is 0 Å². The highest BCUT2D eigenvalue weighted by atomic mass is 35.5. The summed E-state index contributed by atoms with van der Waals surface area (Å²) in [5, 5.41) is 12.2. The van der Waals surface area contributed by atoms with Gasteiger partial charge in [0.2, 0.25) is 0 Å². The van der Waals surface area contributed by atoms with Gasteiger partial charge in [-0.25, -0.2) is 12.8 Å². The molecule has 0 fully saturated rings. The molecule has 1 N–H and O–H groups in total. The molecule has 0 radical (unpaired) electrons. The van der Waals surface area contributed by atoms with E-state index in [1.807, 2.05) is 0 Å². The van der Waals surface area contributed by atoms with Crippen molar-refractivity contribution in [2.45, 2.75) is 11.8 Å². The van der Waals surface area contributed by atoms with Crippen molar-refractivity contribution < 1.29 is 12.8 Å². The average Bonchev–Trinajstić information content (AvgIpc) is 3.04. The van der Waals surface area contributed by atoms with Gasteiger partial charge in [-0.05, 0) is 49.4 Å². The van der Waals surface area contributed by atoms with Crippen molar-refractivity contribution in [3.8, 4) is 11.3 Å². The predicted molar refractivity (Wildman–Crippen MR) is 103 cm³/mol. The van der Waals surface area contributed by atoms with Crippen molar-refractivity contribution in [3.05, 3.63) is 71.3 Å². The molecule has 28 heavy (non-hydrogen) atoms. The summed E-state index contributed by atoms with van der Waals surface area (Å²) in [5.74, 6) is -0.0461. The number of rotatable bonds is 4. The first kappa shape index (κ1) is 18.3. The molecule has 0 aliphatic carbocycles. The largest absolute Gasteiger partial charge is 0.280 e. The van der Waals surface area contributed by atoms with E-state index in [4.69, 9.17) is 11.6 Å². The summed E-state index contributed by atoms with van der Waals surface area (Å²) in [7, 11) is -3.93. The third kappa shape index (κ3) is 3.41. The van der Waals surface area contributed by atoms with Crippen molar-refractivity contribution in [1.82, 2.24) is 19.8 Å². The van der Waals surface area contributed by atoms with Crippen LogP contribution in [-0.4, -0.2) is 28.2 Å². The molecule has 0 bridgehead atoms. The first-order chi connectivity index (χ1) is 13.3. The molecular formula is C18H13ClFN5O2S. The molecule has 2 aromatic carbocycles. The zero-order chi connectivity index (χ0) is 19.9. The van der Waals surface area contributed by atoms with Crippen LogP contribution in [0.15, 0.2) is 59.5 Å². The second kappa shape index (κ2) is 6.84. The number of aryl methyl sites for hydroxylation is 1. The van der Waals surface area contributed by atoms with Crippen LogP contribution >= 0.6 is 11.6 Å². The Morgan fingerprint density at radius 2 is 1.89 bits per heavy atom. The van der Waals surface area contributed by atoms with Crippen LogP contribution in [0.2, 0.25) is 5.02 Å². The van der Waals surface area contributed by atoms with E-state index in [1.165, 1.54) is 0 Å². The fraction of sp³-hybridized carbons (Fsp3) is 0.0556. The highest BCUT2D eigenvalue weighted by Crippen LogP contribution is 2.25. The van der Waals surface area contributed by atoms with Gasteiger partial charge in [-0.2, -0.15) is 9.61 Å². The first-order valence-corrected chi connectivity index (χ1v) is 9.97. The molecule has 2 heterocycles. The fourth-order valence-corrected chi connectivity index (χ4v) is 3.97. The van der Waals surface area contributed by atoms with E-state index < -0.39 is 15.8 Å². The zero-order valence-electron chi connectivity index (χ0n) is 14.5. The number of aromatic nitrogens is 4. The monoisotopic (exact) mass is 417 g/mol. The van der Waals surface area contributed by atoms with Crippen LogP contribution in [-0.2, 0) is 10.0 Å². The van der Waals surface area contributed by atoms with Gasteiger partial charge in [0, 0.05) is 11.3 Å². The van der Waals surface area contributed by atoms with Gasteiger partial charge in [0.1, 0.15) is 5.82 Å². The maximum atomic E-state index is 13.3. The van der Waals surface area contributed by atoms with Gasteiger partial charge in [0.15, 0.2) is 11.5 Å². The Kier molecular flexibility index (Phi) is 4.48. The summed E-state index contributed by atoms with van der Waals surface area (Å²) in [6.07, 6.45) is 0. The quantitative estimate of drug-likeness (QED) is 0.547. The molecule has 0 atom stereocenters. The van der Waals surface area contributed by atoms with Crippen LogP contribution in [0, 0.1) is 12.7 Å². The molecule has 142 valence electrons. The molecule has 0 unspecified atom stereocenters. The molecule has 0 spiro atoms. The van der Waals surface area contributed by atoms with Gasteiger partial charge in [-0.1, -0.05) is 23.7 Å². The van der Waals surface area contributed by atoms with E-state index in [2.05, 4.69) is 20.0 Å². The number of fused-ring (bicyclic) bond motifs is 1. The number of halogens is 2. The summed E-state index contributed by atoms with van der Waals surface area (Å²) in [6.45, 7) is 1.79. The Morgan fingerprint density at radius 1 is 1.07 bits per heavy atom. The summed E-state index contributed by atoms with van der Waals surface area (Å²) in [6, 6.07) is 13.5.